The lowest BCUT2D eigenvalue weighted by Gasteiger charge is -2.38. The Morgan fingerprint density at radius 2 is 1.22 bits per heavy atom. The lowest BCUT2D eigenvalue weighted by Crippen LogP contribution is -2.45. The highest BCUT2D eigenvalue weighted by Crippen LogP contribution is 2.34. The van der Waals surface area contributed by atoms with E-state index in [-0.39, 0.29) is 23.7 Å². The largest absolute Gasteiger partial charge is 0.478 e. The number of hydrogen-bond acceptors (Lipinski definition) is 5. The van der Waals surface area contributed by atoms with Gasteiger partial charge in [-0.3, -0.25) is 4.79 Å². The fourth-order valence-corrected chi connectivity index (χ4v) is 4.75. The normalized spacial score (nSPS) is 14.4. The van der Waals surface area contributed by atoms with E-state index < -0.39 is 17.4 Å². The number of benzene rings is 4. The number of hydrogen-bond donors (Lipinski definition) is 2. The Morgan fingerprint density at radius 1 is 0.732 bits per heavy atom. The summed E-state index contributed by atoms with van der Waals surface area (Å²) in [6, 6.07) is 22.2. The van der Waals surface area contributed by atoms with Crippen molar-refractivity contribution in [1.29, 1.82) is 0 Å². The maximum Gasteiger partial charge on any atom is 0.335 e. The Bertz CT molecular complexity index is 1530. The van der Waals surface area contributed by atoms with E-state index in [1.165, 1.54) is 60.7 Å². The van der Waals surface area contributed by atoms with Crippen molar-refractivity contribution in [3.05, 3.63) is 119 Å². The third kappa shape index (κ3) is 6.88. The van der Waals surface area contributed by atoms with Crippen molar-refractivity contribution in [2.45, 2.75) is 24.9 Å². The summed E-state index contributed by atoms with van der Waals surface area (Å²) in [5.74, 6) is -0.481. The van der Waals surface area contributed by atoms with Crippen molar-refractivity contribution in [3.63, 3.8) is 0 Å². The Labute approximate surface area is 235 Å². The van der Waals surface area contributed by atoms with E-state index in [1.807, 2.05) is 0 Å². The molecular formula is C32H27F2NO6. The summed E-state index contributed by atoms with van der Waals surface area (Å²) in [6.45, 7) is 0.662. The van der Waals surface area contributed by atoms with E-state index in [0.717, 1.165) is 0 Å². The molecular weight excluding hydrogens is 532 g/mol. The molecule has 7 nitrogen and oxygen atoms in total. The Kier molecular flexibility index (Phi) is 7.98. The van der Waals surface area contributed by atoms with Crippen molar-refractivity contribution in [2.24, 2.45) is 0 Å². The van der Waals surface area contributed by atoms with Crippen LogP contribution in [0.4, 0.5) is 8.78 Å². The van der Waals surface area contributed by atoms with Gasteiger partial charge in [0.25, 0.3) is 0 Å². The second-order valence-electron chi connectivity index (χ2n) is 9.90. The molecule has 9 heteroatoms. The van der Waals surface area contributed by atoms with Crippen LogP contribution in [0.5, 0.6) is 23.0 Å². The zero-order chi connectivity index (χ0) is 29.0. The van der Waals surface area contributed by atoms with Gasteiger partial charge in [-0.1, -0.05) is 12.1 Å². The van der Waals surface area contributed by atoms with Crippen LogP contribution in [0.3, 0.4) is 0 Å². The van der Waals surface area contributed by atoms with Gasteiger partial charge in [0.2, 0.25) is 5.91 Å². The quantitative estimate of drug-likeness (QED) is 0.263. The molecule has 2 N–H and O–H groups in total. The SMILES string of the molecule is O=C(O)c1ccc(Oc2cc(CC(=O)N3CCC(O)(c4ccc(F)cc4)CC3)cc(Oc3ccc(F)cc3)c2)cc1. The number of ether oxygens (including phenoxy) is 2. The summed E-state index contributed by atoms with van der Waals surface area (Å²) in [5, 5.41) is 20.2. The number of likely N-dealkylation sites (tertiary alicyclic amines) is 1. The number of rotatable bonds is 8. The van der Waals surface area contributed by atoms with Crippen LogP contribution < -0.4 is 9.47 Å². The van der Waals surface area contributed by atoms with Crippen molar-refractivity contribution >= 4 is 11.9 Å². The van der Waals surface area contributed by atoms with Crippen LogP contribution in [0.1, 0.15) is 34.3 Å². The maximum atomic E-state index is 13.4. The first-order valence-corrected chi connectivity index (χ1v) is 13.0. The molecule has 0 spiro atoms. The van der Waals surface area contributed by atoms with Crippen LogP contribution in [-0.4, -0.2) is 40.1 Å². The monoisotopic (exact) mass is 559 g/mol. The number of carbonyl (C=O) groups is 2. The fraction of sp³-hybridized carbons (Fsp3) is 0.188. The van der Waals surface area contributed by atoms with Crippen molar-refractivity contribution < 1.29 is 38.1 Å². The molecule has 4 aromatic carbocycles. The number of aliphatic hydroxyl groups is 1. The Balaban J connectivity index is 1.32. The molecule has 210 valence electrons. The van der Waals surface area contributed by atoms with E-state index in [4.69, 9.17) is 14.6 Å². The minimum atomic E-state index is -1.13. The average Bonchev–Trinajstić information content (AvgIpc) is 2.95. The molecule has 1 aliphatic heterocycles. The Morgan fingerprint density at radius 3 is 1.73 bits per heavy atom. The van der Waals surface area contributed by atoms with E-state index in [0.29, 0.717) is 60.1 Å². The minimum absolute atomic E-state index is 0.0317. The predicted molar refractivity (Wildman–Crippen MR) is 146 cm³/mol. The van der Waals surface area contributed by atoms with Crippen LogP contribution in [0.25, 0.3) is 0 Å². The van der Waals surface area contributed by atoms with Crippen molar-refractivity contribution in [3.8, 4) is 23.0 Å². The first-order chi connectivity index (χ1) is 19.7. The van der Waals surface area contributed by atoms with Gasteiger partial charge in [-0.15, -0.1) is 0 Å². The summed E-state index contributed by atoms with van der Waals surface area (Å²) in [4.78, 5) is 26.1. The number of piperidine rings is 1. The number of amides is 1. The summed E-state index contributed by atoms with van der Waals surface area (Å²) < 4.78 is 38.5. The highest BCUT2D eigenvalue weighted by Gasteiger charge is 2.35. The standard InChI is InChI=1S/C32H27F2NO6/c33-24-5-3-23(4-6-24)32(39)13-15-35(16-14-32)30(36)19-21-17-28(40-26-9-1-22(2-10-26)31(37)38)20-29(18-21)41-27-11-7-25(34)8-12-27/h1-12,17-18,20,39H,13-16,19H2,(H,37,38). The van der Waals surface area contributed by atoms with Gasteiger partial charge in [-0.2, -0.15) is 0 Å². The molecule has 0 atom stereocenters. The van der Waals surface area contributed by atoms with Gasteiger partial charge in [0.05, 0.1) is 17.6 Å². The van der Waals surface area contributed by atoms with Gasteiger partial charge in [-0.05, 0) is 96.8 Å². The second kappa shape index (κ2) is 11.8. The van der Waals surface area contributed by atoms with E-state index in [9.17, 15) is 23.5 Å². The molecule has 4 aromatic rings. The van der Waals surface area contributed by atoms with E-state index in [2.05, 4.69) is 0 Å². The van der Waals surface area contributed by atoms with Crippen molar-refractivity contribution in [1.82, 2.24) is 4.90 Å². The van der Waals surface area contributed by atoms with Gasteiger partial charge in [0.15, 0.2) is 0 Å². The molecule has 0 saturated carbocycles. The van der Waals surface area contributed by atoms with Gasteiger partial charge in [-0.25, -0.2) is 13.6 Å². The van der Waals surface area contributed by atoms with Gasteiger partial charge in [0.1, 0.15) is 34.6 Å². The number of carboxylic acids is 1. The molecule has 0 aromatic heterocycles. The molecule has 1 fully saturated rings. The Hall–Kier alpha value is -4.76. The van der Waals surface area contributed by atoms with Crippen LogP contribution in [0, 0.1) is 11.6 Å². The van der Waals surface area contributed by atoms with Crippen LogP contribution in [0.2, 0.25) is 0 Å². The number of halogens is 2. The lowest BCUT2D eigenvalue weighted by atomic mass is 9.84. The summed E-state index contributed by atoms with van der Waals surface area (Å²) in [5.41, 5.74) is 0.204. The number of carboxylic acid groups (broad SMARTS) is 1. The lowest BCUT2D eigenvalue weighted by molar-refractivity contribution is -0.135. The highest BCUT2D eigenvalue weighted by atomic mass is 19.1. The van der Waals surface area contributed by atoms with E-state index in [1.54, 1.807) is 35.2 Å². The van der Waals surface area contributed by atoms with Gasteiger partial charge >= 0.3 is 5.97 Å². The molecule has 1 heterocycles. The van der Waals surface area contributed by atoms with E-state index >= 15 is 0 Å². The van der Waals surface area contributed by atoms with Crippen molar-refractivity contribution in [2.75, 3.05) is 13.1 Å². The summed E-state index contributed by atoms with van der Waals surface area (Å²) >= 11 is 0. The zero-order valence-corrected chi connectivity index (χ0v) is 21.9. The average molecular weight is 560 g/mol. The van der Waals surface area contributed by atoms with Gasteiger partial charge in [0, 0.05) is 19.2 Å². The topological polar surface area (TPSA) is 96.3 Å². The highest BCUT2D eigenvalue weighted by molar-refractivity contribution is 5.87. The molecule has 0 radical (unpaired) electrons. The van der Waals surface area contributed by atoms with Gasteiger partial charge < -0.3 is 24.6 Å². The first kappa shape index (κ1) is 27.8. The fourth-order valence-electron chi connectivity index (χ4n) is 4.75. The molecule has 1 saturated heterocycles. The van der Waals surface area contributed by atoms with Crippen LogP contribution in [0.15, 0.2) is 91.0 Å². The maximum absolute atomic E-state index is 13.4. The zero-order valence-electron chi connectivity index (χ0n) is 21.9. The predicted octanol–water partition coefficient (Wildman–Crippen LogP) is 6.30. The van der Waals surface area contributed by atoms with Crippen LogP contribution in [-0.2, 0) is 16.8 Å². The molecule has 5 rings (SSSR count). The number of carbonyl (C=O) groups excluding carboxylic acids is 1. The molecule has 0 aliphatic carbocycles. The molecule has 1 amide bonds. The number of aromatic carboxylic acids is 1. The molecule has 41 heavy (non-hydrogen) atoms. The molecule has 1 aliphatic rings. The second-order valence-corrected chi connectivity index (χ2v) is 9.90. The third-order valence-corrected chi connectivity index (χ3v) is 7.01. The first-order valence-electron chi connectivity index (χ1n) is 13.0. The summed E-state index contributed by atoms with van der Waals surface area (Å²) in [6.07, 6.45) is 0.668. The van der Waals surface area contributed by atoms with Crippen LogP contribution >= 0.6 is 0 Å². The smallest absolute Gasteiger partial charge is 0.335 e. The third-order valence-electron chi connectivity index (χ3n) is 7.01. The number of nitrogens with zero attached hydrogens (tertiary/aromatic N) is 1. The molecule has 0 bridgehead atoms. The molecule has 0 unspecified atom stereocenters. The summed E-state index contributed by atoms with van der Waals surface area (Å²) in [7, 11) is 0. The minimum Gasteiger partial charge on any atom is -0.478 e.